The molecule has 8 heteroatoms. The van der Waals surface area contributed by atoms with Crippen LogP contribution in [-0.2, 0) is 14.3 Å². The zero-order valence-corrected chi connectivity index (χ0v) is 23.0. The molecule has 2 aliphatic rings. The van der Waals surface area contributed by atoms with Crippen LogP contribution in [0.5, 0.6) is 0 Å². The summed E-state index contributed by atoms with van der Waals surface area (Å²) in [7, 11) is 1.38. The van der Waals surface area contributed by atoms with E-state index in [1.807, 2.05) is 53.4 Å². The minimum atomic E-state index is -0.429. The zero-order chi connectivity index (χ0) is 26.9. The van der Waals surface area contributed by atoms with Gasteiger partial charge in [0, 0.05) is 35.2 Å². The van der Waals surface area contributed by atoms with E-state index in [1.54, 1.807) is 6.20 Å². The van der Waals surface area contributed by atoms with Crippen molar-refractivity contribution in [3.63, 3.8) is 0 Å². The number of fused-ring (bicyclic) bond motifs is 1. The van der Waals surface area contributed by atoms with Crippen LogP contribution in [0.15, 0.2) is 59.1 Å². The largest absolute Gasteiger partial charge is 0.465 e. The van der Waals surface area contributed by atoms with Gasteiger partial charge in [0.05, 0.1) is 25.4 Å². The van der Waals surface area contributed by atoms with E-state index < -0.39 is 5.97 Å². The van der Waals surface area contributed by atoms with Crippen LogP contribution >= 0.6 is 11.3 Å². The molecule has 1 saturated carbocycles. The molecule has 3 aromatic heterocycles. The molecule has 1 aromatic carbocycles. The van der Waals surface area contributed by atoms with Gasteiger partial charge in [-0.05, 0) is 61.8 Å². The quantitative estimate of drug-likeness (QED) is 0.244. The van der Waals surface area contributed by atoms with E-state index in [2.05, 4.69) is 11.9 Å². The molecule has 7 nitrogen and oxygen atoms in total. The Kier molecular flexibility index (Phi) is 7.23. The molecule has 1 atom stereocenters. The number of nitrogens with zero attached hydrogens (tertiary/aromatic N) is 2. The summed E-state index contributed by atoms with van der Waals surface area (Å²) >= 11 is 1.36. The van der Waals surface area contributed by atoms with E-state index in [0.29, 0.717) is 29.7 Å². The average molecular weight is 545 g/mol. The Bertz CT molecular complexity index is 1440. The van der Waals surface area contributed by atoms with Crippen LogP contribution in [0.4, 0.5) is 5.69 Å². The van der Waals surface area contributed by atoms with Gasteiger partial charge in [0.25, 0.3) is 0 Å². The standard InChI is InChI=1S/C31H32N2O5S/c1-19-5-7-22(8-6-19)30(34)33(23-13-15-37-18-23)25-17-28(39-29(25)31(35)36-2)21-11-9-20(10-12-21)27-16-24-26(38-27)4-3-14-32-24/h3-4,9-12,14,16-17,19,22-23H,5-8,13,15,18H2,1-2H3/t19-,22-,23?. The second-order valence-electron chi connectivity index (χ2n) is 10.6. The van der Waals surface area contributed by atoms with Crippen LogP contribution < -0.4 is 4.90 Å². The van der Waals surface area contributed by atoms with Crippen molar-refractivity contribution in [3.05, 3.63) is 59.6 Å². The topological polar surface area (TPSA) is 81.9 Å². The van der Waals surface area contributed by atoms with Crippen LogP contribution in [0.2, 0.25) is 0 Å². The summed E-state index contributed by atoms with van der Waals surface area (Å²) in [5.41, 5.74) is 4.09. The number of aromatic nitrogens is 1. The summed E-state index contributed by atoms with van der Waals surface area (Å²) in [5, 5.41) is 0. The SMILES string of the molecule is COC(=O)c1sc(-c2ccc(-c3cc4ncccc4o3)cc2)cc1N(C(=O)[C@H]1CC[C@H](C)CC1)C1CCOC1. The number of pyridine rings is 1. The second kappa shape index (κ2) is 10.9. The molecule has 1 unspecified atom stereocenters. The van der Waals surface area contributed by atoms with Crippen molar-refractivity contribution in [1.29, 1.82) is 0 Å². The first-order valence-electron chi connectivity index (χ1n) is 13.6. The Morgan fingerprint density at radius 3 is 2.49 bits per heavy atom. The lowest BCUT2D eigenvalue weighted by atomic mass is 9.82. The van der Waals surface area contributed by atoms with Crippen molar-refractivity contribution < 1.29 is 23.5 Å². The molecule has 2 fully saturated rings. The molecule has 0 N–H and O–H groups in total. The highest BCUT2D eigenvalue weighted by molar-refractivity contribution is 7.18. The molecule has 1 saturated heterocycles. The number of hydrogen-bond acceptors (Lipinski definition) is 7. The van der Waals surface area contributed by atoms with Gasteiger partial charge in [-0.15, -0.1) is 11.3 Å². The van der Waals surface area contributed by atoms with Crippen molar-refractivity contribution in [2.45, 2.75) is 45.1 Å². The normalized spacial score (nSPS) is 21.2. The van der Waals surface area contributed by atoms with E-state index in [-0.39, 0.29) is 17.9 Å². The third kappa shape index (κ3) is 5.11. The second-order valence-corrected chi connectivity index (χ2v) is 11.6. The number of benzene rings is 1. The highest BCUT2D eigenvalue weighted by Crippen LogP contribution is 2.41. The van der Waals surface area contributed by atoms with E-state index in [4.69, 9.17) is 13.9 Å². The maximum Gasteiger partial charge on any atom is 0.350 e. The van der Waals surface area contributed by atoms with Crippen molar-refractivity contribution in [2.75, 3.05) is 25.2 Å². The Morgan fingerprint density at radius 2 is 1.79 bits per heavy atom. The molecule has 1 amide bonds. The van der Waals surface area contributed by atoms with Crippen LogP contribution in [0.1, 0.15) is 48.7 Å². The first-order chi connectivity index (χ1) is 19.0. The number of rotatable bonds is 6. The average Bonchev–Trinajstić information content (AvgIpc) is 3.74. The Labute approximate surface area is 231 Å². The van der Waals surface area contributed by atoms with Gasteiger partial charge in [-0.25, -0.2) is 4.79 Å². The van der Waals surface area contributed by atoms with Gasteiger partial charge in [-0.1, -0.05) is 31.2 Å². The number of furan rings is 1. The zero-order valence-electron chi connectivity index (χ0n) is 22.2. The lowest BCUT2D eigenvalue weighted by Gasteiger charge is -2.34. The summed E-state index contributed by atoms with van der Waals surface area (Å²) in [6.45, 7) is 3.33. The number of carbonyl (C=O) groups excluding carboxylic acids is 2. The summed E-state index contributed by atoms with van der Waals surface area (Å²) in [5.74, 6) is 1.03. The van der Waals surface area contributed by atoms with Crippen molar-refractivity contribution in [3.8, 4) is 21.8 Å². The first kappa shape index (κ1) is 25.8. The number of thiophene rings is 1. The summed E-state index contributed by atoms with van der Waals surface area (Å²) in [4.78, 5) is 34.5. The highest BCUT2D eigenvalue weighted by atomic mass is 32.1. The number of amides is 1. The molecule has 1 aliphatic carbocycles. The fourth-order valence-electron chi connectivity index (χ4n) is 5.68. The predicted molar refractivity (Wildman–Crippen MR) is 152 cm³/mol. The number of carbonyl (C=O) groups is 2. The van der Waals surface area contributed by atoms with Gasteiger partial charge < -0.3 is 18.8 Å². The van der Waals surface area contributed by atoms with Crippen molar-refractivity contribution >= 4 is 40.0 Å². The maximum absolute atomic E-state index is 14.0. The molecule has 4 heterocycles. The van der Waals surface area contributed by atoms with Gasteiger partial charge in [0.15, 0.2) is 5.58 Å². The fraction of sp³-hybridized carbons (Fsp3) is 0.387. The molecule has 0 spiro atoms. The van der Waals surface area contributed by atoms with Crippen molar-refractivity contribution in [2.24, 2.45) is 11.8 Å². The van der Waals surface area contributed by atoms with Gasteiger partial charge in [0.1, 0.15) is 16.2 Å². The lowest BCUT2D eigenvalue weighted by molar-refractivity contribution is -0.124. The number of ether oxygens (including phenoxy) is 2. The molecule has 0 bridgehead atoms. The molecule has 6 rings (SSSR count). The Balaban J connectivity index is 1.35. The molecular weight excluding hydrogens is 512 g/mol. The first-order valence-corrected chi connectivity index (χ1v) is 14.4. The minimum Gasteiger partial charge on any atom is -0.465 e. The molecule has 39 heavy (non-hydrogen) atoms. The van der Waals surface area contributed by atoms with E-state index in [1.165, 1.54) is 18.4 Å². The number of anilines is 1. The van der Waals surface area contributed by atoms with Gasteiger partial charge in [-0.2, -0.15) is 0 Å². The number of methoxy groups -OCH3 is 1. The third-order valence-corrected chi connectivity index (χ3v) is 9.11. The van der Waals surface area contributed by atoms with E-state index >= 15 is 0 Å². The lowest BCUT2D eigenvalue weighted by Crippen LogP contribution is -2.45. The summed E-state index contributed by atoms with van der Waals surface area (Å²) < 4.78 is 16.8. The third-order valence-electron chi connectivity index (χ3n) is 7.96. The van der Waals surface area contributed by atoms with Crippen LogP contribution in [0, 0.1) is 11.8 Å². The fourth-order valence-corrected chi connectivity index (χ4v) is 6.75. The van der Waals surface area contributed by atoms with E-state index in [0.717, 1.165) is 65.0 Å². The molecule has 0 radical (unpaired) electrons. The molecule has 202 valence electrons. The van der Waals surface area contributed by atoms with E-state index in [9.17, 15) is 9.59 Å². The van der Waals surface area contributed by atoms with Gasteiger partial charge >= 0.3 is 5.97 Å². The van der Waals surface area contributed by atoms with Crippen LogP contribution in [0.25, 0.3) is 32.9 Å². The van der Waals surface area contributed by atoms with Crippen molar-refractivity contribution in [1.82, 2.24) is 4.98 Å². The smallest absolute Gasteiger partial charge is 0.350 e. The van der Waals surface area contributed by atoms with Gasteiger partial charge in [0.2, 0.25) is 5.91 Å². The predicted octanol–water partition coefficient (Wildman–Crippen LogP) is 6.96. The summed E-state index contributed by atoms with van der Waals surface area (Å²) in [6.07, 6.45) is 6.37. The Morgan fingerprint density at radius 1 is 1.03 bits per heavy atom. The maximum atomic E-state index is 14.0. The molecular formula is C31H32N2O5S. The highest BCUT2D eigenvalue weighted by Gasteiger charge is 2.37. The Hall–Kier alpha value is -3.49. The van der Waals surface area contributed by atoms with Gasteiger partial charge in [-0.3, -0.25) is 9.78 Å². The minimum absolute atomic E-state index is 0.0340. The number of hydrogen-bond donors (Lipinski definition) is 0. The van der Waals surface area contributed by atoms with Crippen LogP contribution in [-0.4, -0.2) is 43.2 Å². The monoisotopic (exact) mass is 544 g/mol. The molecule has 4 aromatic rings. The van der Waals surface area contributed by atoms with Crippen LogP contribution in [0.3, 0.4) is 0 Å². The number of esters is 1. The summed E-state index contributed by atoms with van der Waals surface area (Å²) in [6, 6.07) is 15.6. The molecule has 1 aliphatic heterocycles.